The molecule has 0 fully saturated rings. The minimum Gasteiger partial charge on any atom is -0.310 e. The molecule has 0 heterocycles. The molecule has 0 spiro atoms. The van der Waals surface area contributed by atoms with Crippen LogP contribution in [0.3, 0.4) is 0 Å². The topological polar surface area (TPSA) is 3.24 Å². The zero-order chi connectivity index (χ0) is 41.4. The van der Waals surface area contributed by atoms with Crippen LogP contribution in [0.4, 0.5) is 17.1 Å². The van der Waals surface area contributed by atoms with Crippen LogP contribution in [0.2, 0.25) is 0 Å². The van der Waals surface area contributed by atoms with E-state index >= 15 is 0 Å². The van der Waals surface area contributed by atoms with E-state index in [1.165, 1.54) is 98.7 Å². The fourth-order valence-electron chi connectivity index (χ4n) is 10.1. The summed E-state index contributed by atoms with van der Waals surface area (Å²) >= 11 is 0. The maximum absolute atomic E-state index is 2.43. The zero-order valence-corrected chi connectivity index (χ0v) is 34.8. The van der Waals surface area contributed by atoms with E-state index in [1.54, 1.807) is 0 Å². The van der Waals surface area contributed by atoms with Crippen LogP contribution in [-0.4, -0.2) is 0 Å². The number of fused-ring (bicyclic) bond motifs is 8. The molecule has 1 heteroatoms. The van der Waals surface area contributed by atoms with Gasteiger partial charge in [-0.05, 0) is 159 Å². The van der Waals surface area contributed by atoms with Crippen molar-refractivity contribution in [1.82, 2.24) is 0 Å². The minimum atomic E-state index is -0.189. The van der Waals surface area contributed by atoms with E-state index in [9.17, 15) is 0 Å². The Labute approximate surface area is 362 Å². The van der Waals surface area contributed by atoms with Crippen LogP contribution in [0.15, 0.2) is 224 Å². The second kappa shape index (κ2) is 14.2. The molecular weight excluding hydrogens is 747 g/mol. The van der Waals surface area contributed by atoms with Gasteiger partial charge >= 0.3 is 0 Å². The monoisotopic (exact) mass is 789 g/mol. The molecule has 1 aliphatic rings. The Morgan fingerprint density at radius 2 is 0.758 bits per heavy atom. The summed E-state index contributed by atoms with van der Waals surface area (Å²) in [5.41, 5.74) is 16.0. The summed E-state index contributed by atoms with van der Waals surface area (Å²) in [6.07, 6.45) is 0. The highest BCUT2D eigenvalue weighted by Crippen LogP contribution is 2.52. The molecular formula is C61H43N. The van der Waals surface area contributed by atoms with Crippen molar-refractivity contribution < 1.29 is 0 Å². The average Bonchev–Trinajstić information content (AvgIpc) is 3.56. The third-order valence-corrected chi connectivity index (χ3v) is 13.4. The number of hydrogen-bond acceptors (Lipinski definition) is 1. The van der Waals surface area contributed by atoms with E-state index in [-0.39, 0.29) is 5.41 Å². The summed E-state index contributed by atoms with van der Waals surface area (Å²) < 4.78 is 0. The molecule has 62 heavy (non-hydrogen) atoms. The second-order valence-corrected chi connectivity index (χ2v) is 17.4. The first kappa shape index (κ1) is 36.1. The predicted octanol–water partition coefficient (Wildman–Crippen LogP) is 17.1. The summed E-state index contributed by atoms with van der Waals surface area (Å²) in [7, 11) is 0. The fourth-order valence-corrected chi connectivity index (χ4v) is 10.1. The van der Waals surface area contributed by atoms with E-state index < -0.39 is 0 Å². The molecule has 0 aromatic heterocycles. The van der Waals surface area contributed by atoms with Gasteiger partial charge < -0.3 is 4.90 Å². The molecule has 11 aromatic carbocycles. The first-order chi connectivity index (χ1) is 30.5. The Hall–Kier alpha value is -7.74. The Balaban J connectivity index is 0.878. The van der Waals surface area contributed by atoms with E-state index in [0.29, 0.717) is 0 Å². The first-order valence-electron chi connectivity index (χ1n) is 21.7. The quantitative estimate of drug-likeness (QED) is 0.152. The van der Waals surface area contributed by atoms with Crippen LogP contribution >= 0.6 is 0 Å². The van der Waals surface area contributed by atoms with Crippen molar-refractivity contribution in [2.24, 2.45) is 0 Å². The molecule has 12 rings (SSSR count). The maximum atomic E-state index is 2.43. The molecule has 1 nitrogen and oxygen atoms in total. The van der Waals surface area contributed by atoms with Gasteiger partial charge in [0.15, 0.2) is 0 Å². The molecule has 11 aromatic rings. The first-order valence-corrected chi connectivity index (χ1v) is 21.7. The minimum absolute atomic E-state index is 0.189. The average molecular weight is 790 g/mol. The molecule has 0 aliphatic heterocycles. The van der Waals surface area contributed by atoms with E-state index in [2.05, 4.69) is 243 Å². The fraction of sp³-hybridized carbons (Fsp3) is 0.0492. The number of anilines is 3. The lowest BCUT2D eigenvalue weighted by Crippen LogP contribution is -2.16. The van der Waals surface area contributed by atoms with Crippen molar-refractivity contribution in [1.29, 1.82) is 0 Å². The molecule has 0 bridgehead atoms. The van der Waals surface area contributed by atoms with Crippen molar-refractivity contribution in [2.75, 3.05) is 4.90 Å². The number of benzene rings is 11. The van der Waals surface area contributed by atoms with Crippen LogP contribution in [0.1, 0.15) is 25.0 Å². The second-order valence-electron chi connectivity index (χ2n) is 17.4. The van der Waals surface area contributed by atoms with Gasteiger partial charge in [0.1, 0.15) is 0 Å². The number of para-hydroxylation sites is 1. The van der Waals surface area contributed by atoms with Crippen LogP contribution in [0, 0.1) is 0 Å². The van der Waals surface area contributed by atoms with Crippen molar-refractivity contribution in [3.05, 3.63) is 236 Å². The van der Waals surface area contributed by atoms with Crippen LogP contribution in [-0.2, 0) is 5.41 Å². The molecule has 0 saturated heterocycles. The smallest absolute Gasteiger partial charge is 0.0468 e. The van der Waals surface area contributed by atoms with Gasteiger partial charge in [-0.25, -0.2) is 0 Å². The van der Waals surface area contributed by atoms with Gasteiger partial charge in [0, 0.05) is 22.5 Å². The standard InChI is InChI=1S/C61H43N/c1-61(2)59-38-48(41-20-23-42(24-21-41)58-37-49-14-8-9-17-53(49)54-18-10-11-19-55(54)58)29-32-56(59)57-33-31-52(39-60(57)61)62(50-15-4-3-5-16-50)51-30-28-46-35-45(26-27-47(46)36-51)44-25-22-40-12-6-7-13-43(40)34-44/h3-39H,1-2H3. The van der Waals surface area contributed by atoms with Gasteiger partial charge in [0.05, 0.1) is 0 Å². The maximum Gasteiger partial charge on any atom is 0.0468 e. The van der Waals surface area contributed by atoms with Gasteiger partial charge in [-0.15, -0.1) is 0 Å². The Kier molecular flexibility index (Phi) is 8.27. The van der Waals surface area contributed by atoms with Gasteiger partial charge in [-0.2, -0.15) is 0 Å². The molecule has 0 saturated carbocycles. The molecule has 0 N–H and O–H groups in total. The summed E-state index contributed by atoms with van der Waals surface area (Å²) in [5, 5.41) is 10.1. The van der Waals surface area contributed by atoms with Gasteiger partial charge in [0.25, 0.3) is 0 Å². The normalized spacial score (nSPS) is 12.8. The lowest BCUT2D eigenvalue weighted by molar-refractivity contribution is 0.660. The summed E-state index contributed by atoms with van der Waals surface area (Å²) in [4.78, 5) is 2.40. The molecule has 0 atom stereocenters. The highest BCUT2D eigenvalue weighted by molar-refractivity contribution is 6.13. The number of rotatable bonds is 6. The summed E-state index contributed by atoms with van der Waals surface area (Å²) in [6, 6.07) is 82.9. The van der Waals surface area contributed by atoms with Crippen LogP contribution in [0.25, 0.3) is 87.6 Å². The van der Waals surface area contributed by atoms with Gasteiger partial charge in [-0.1, -0.05) is 178 Å². The molecule has 0 amide bonds. The summed E-state index contributed by atoms with van der Waals surface area (Å²) in [5.74, 6) is 0. The van der Waals surface area contributed by atoms with Crippen molar-refractivity contribution in [3.63, 3.8) is 0 Å². The van der Waals surface area contributed by atoms with Crippen molar-refractivity contribution in [3.8, 4) is 44.5 Å². The lowest BCUT2D eigenvalue weighted by atomic mass is 9.81. The highest BCUT2D eigenvalue weighted by atomic mass is 15.1. The third-order valence-electron chi connectivity index (χ3n) is 13.4. The van der Waals surface area contributed by atoms with Crippen LogP contribution in [0.5, 0.6) is 0 Å². The molecule has 0 unspecified atom stereocenters. The molecule has 292 valence electrons. The third kappa shape index (κ3) is 5.92. The lowest BCUT2D eigenvalue weighted by Gasteiger charge is -2.28. The Bertz CT molecular complexity index is 3540. The molecule has 1 aliphatic carbocycles. The number of hydrogen-bond donors (Lipinski definition) is 0. The predicted molar refractivity (Wildman–Crippen MR) is 265 cm³/mol. The zero-order valence-electron chi connectivity index (χ0n) is 34.8. The van der Waals surface area contributed by atoms with Crippen molar-refractivity contribution >= 4 is 60.2 Å². The van der Waals surface area contributed by atoms with E-state index in [4.69, 9.17) is 0 Å². The van der Waals surface area contributed by atoms with E-state index in [1.807, 2.05) is 0 Å². The van der Waals surface area contributed by atoms with E-state index in [0.717, 1.165) is 17.1 Å². The summed E-state index contributed by atoms with van der Waals surface area (Å²) in [6.45, 7) is 4.77. The Morgan fingerprint density at radius 3 is 1.53 bits per heavy atom. The largest absolute Gasteiger partial charge is 0.310 e. The molecule has 0 radical (unpaired) electrons. The van der Waals surface area contributed by atoms with Crippen molar-refractivity contribution in [2.45, 2.75) is 19.3 Å². The van der Waals surface area contributed by atoms with Gasteiger partial charge in [0.2, 0.25) is 0 Å². The number of nitrogens with zero attached hydrogens (tertiary/aromatic N) is 1. The SMILES string of the molecule is CC1(C)c2cc(-c3ccc(-c4cc5ccccc5c5ccccc45)cc3)ccc2-c2ccc(N(c3ccccc3)c3ccc4cc(-c5ccc6ccccc6c5)ccc4c3)cc21. The highest BCUT2D eigenvalue weighted by Gasteiger charge is 2.36. The Morgan fingerprint density at radius 1 is 0.274 bits per heavy atom. The van der Waals surface area contributed by atoms with Gasteiger partial charge in [-0.3, -0.25) is 0 Å². The van der Waals surface area contributed by atoms with Crippen LogP contribution < -0.4 is 4.90 Å².